The lowest BCUT2D eigenvalue weighted by Crippen LogP contribution is -2.25. The van der Waals surface area contributed by atoms with Crippen molar-refractivity contribution >= 4 is 0 Å². The van der Waals surface area contributed by atoms with Gasteiger partial charge in [0.2, 0.25) is 0 Å². The molecule has 1 fully saturated rings. The third kappa shape index (κ3) is 1.34. The van der Waals surface area contributed by atoms with E-state index in [0.29, 0.717) is 6.54 Å². The molecule has 2 nitrogen and oxygen atoms in total. The van der Waals surface area contributed by atoms with Crippen LogP contribution < -0.4 is 5.73 Å². The maximum Gasteiger partial charge on any atom is 0.140 e. The van der Waals surface area contributed by atoms with Gasteiger partial charge in [-0.15, -0.1) is 0 Å². The second-order valence-electron chi connectivity index (χ2n) is 5.15. The van der Waals surface area contributed by atoms with E-state index in [-0.39, 0.29) is 16.4 Å². The van der Waals surface area contributed by atoms with Crippen molar-refractivity contribution in [2.24, 2.45) is 11.1 Å². The van der Waals surface area contributed by atoms with Crippen molar-refractivity contribution in [1.82, 2.24) is 0 Å². The van der Waals surface area contributed by atoms with E-state index < -0.39 is 5.82 Å². The SMILES string of the molecule is CC1(C)CC1(CN)c1ccc(F)c(C#N)c1. The number of nitriles is 1. The van der Waals surface area contributed by atoms with E-state index in [9.17, 15) is 4.39 Å². The molecule has 1 aliphatic carbocycles. The van der Waals surface area contributed by atoms with Crippen molar-refractivity contribution in [3.05, 3.63) is 35.1 Å². The summed E-state index contributed by atoms with van der Waals surface area (Å²) in [6, 6.07) is 6.62. The van der Waals surface area contributed by atoms with Gasteiger partial charge in [-0.1, -0.05) is 19.9 Å². The predicted molar refractivity (Wildman–Crippen MR) is 60.2 cm³/mol. The monoisotopic (exact) mass is 218 g/mol. The number of halogens is 1. The highest BCUT2D eigenvalue weighted by Gasteiger charge is 2.60. The molecule has 0 aromatic heterocycles. The van der Waals surface area contributed by atoms with Gasteiger partial charge in [-0.3, -0.25) is 0 Å². The number of rotatable bonds is 2. The van der Waals surface area contributed by atoms with Crippen LogP contribution in [0.15, 0.2) is 18.2 Å². The van der Waals surface area contributed by atoms with Gasteiger partial charge in [-0.2, -0.15) is 5.26 Å². The number of nitrogens with two attached hydrogens (primary N) is 1. The molecule has 0 spiro atoms. The highest BCUT2D eigenvalue weighted by molar-refractivity contribution is 5.43. The van der Waals surface area contributed by atoms with Crippen molar-refractivity contribution in [3.63, 3.8) is 0 Å². The molecule has 2 rings (SSSR count). The Bertz CT molecular complexity index is 473. The standard InChI is InChI=1S/C13H15FN2/c1-12(2)7-13(12,8-16)10-3-4-11(14)9(5-10)6-15/h3-5H,7-8,16H2,1-2H3. The summed E-state index contributed by atoms with van der Waals surface area (Å²) in [6.07, 6.45) is 0.993. The second-order valence-corrected chi connectivity index (χ2v) is 5.15. The molecule has 0 heterocycles. The maximum atomic E-state index is 13.2. The molecule has 1 unspecified atom stereocenters. The Morgan fingerprint density at radius 1 is 1.50 bits per heavy atom. The molecule has 0 radical (unpaired) electrons. The largest absolute Gasteiger partial charge is 0.330 e. The molecule has 1 atom stereocenters. The molecule has 1 saturated carbocycles. The van der Waals surface area contributed by atoms with Crippen LogP contribution in [-0.4, -0.2) is 6.54 Å². The van der Waals surface area contributed by atoms with E-state index in [0.717, 1.165) is 12.0 Å². The normalized spacial score (nSPS) is 26.2. The van der Waals surface area contributed by atoms with Gasteiger partial charge in [0.05, 0.1) is 5.56 Å². The van der Waals surface area contributed by atoms with E-state index in [1.54, 1.807) is 12.1 Å². The lowest BCUT2D eigenvalue weighted by Gasteiger charge is -2.19. The summed E-state index contributed by atoms with van der Waals surface area (Å²) < 4.78 is 13.2. The Balaban J connectivity index is 2.47. The van der Waals surface area contributed by atoms with Crippen LogP contribution in [0.2, 0.25) is 0 Å². The third-order valence-corrected chi connectivity index (χ3v) is 3.90. The lowest BCUT2D eigenvalue weighted by atomic mass is 9.87. The molecule has 0 aliphatic heterocycles. The van der Waals surface area contributed by atoms with Crippen molar-refractivity contribution < 1.29 is 4.39 Å². The summed E-state index contributed by atoms with van der Waals surface area (Å²) >= 11 is 0. The number of benzene rings is 1. The van der Waals surface area contributed by atoms with Gasteiger partial charge >= 0.3 is 0 Å². The van der Waals surface area contributed by atoms with Gasteiger partial charge in [0, 0.05) is 12.0 Å². The van der Waals surface area contributed by atoms with Gasteiger partial charge < -0.3 is 5.73 Å². The molecule has 84 valence electrons. The molecule has 1 aliphatic rings. The minimum atomic E-state index is -0.461. The van der Waals surface area contributed by atoms with Gasteiger partial charge in [-0.05, 0) is 29.5 Å². The van der Waals surface area contributed by atoms with Gasteiger partial charge in [0.1, 0.15) is 11.9 Å². The molecular weight excluding hydrogens is 203 g/mol. The molecule has 0 amide bonds. The third-order valence-electron chi connectivity index (χ3n) is 3.90. The molecule has 1 aromatic carbocycles. The van der Waals surface area contributed by atoms with E-state index in [1.165, 1.54) is 6.07 Å². The minimum Gasteiger partial charge on any atom is -0.330 e. The van der Waals surface area contributed by atoms with Crippen molar-refractivity contribution in [3.8, 4) is 6.07 Å². The second kappa shape index (κ2) is 3.29. The van der Waals surface area contributed by atoms with Crippen molar-refractivity contribution in [1.29, 1.82) is 5.26 Å². The summed E-state index contributed by atoms with van der Waals surface area (Å²) in [7, 11) is 0. The summed E-state index contributed by atoms with van der Waals surface area (Å²) in [6.45, 7) is 4.83. The Labute approximate surface area is 94.9 Å². The number of hydrogen-bond acceptors (Lipinski definition) is 2. The Morgan fingerprint density at radius 3 is 2.56 bits per heavy atom. The first kappa shape index (κ1) is 11.1. The van der Waals surface area contributed by atoms with Gasteiger partial charge in [-0.25, -0.2) is 4.39 Å². The zero-order valence-electron chi connectivity index (χ0n) is 9.55. The molecule has 3 heteroatoms. The fourth-order valence-corrected chi connectivity index (χ4v) is 2.58. The quantitative estimate of drug-likeness (QED) is 0.828. The Hall–Kier alpha value is -1.40. The first-order valence-electron chi connectivity index (χ1n) is 5.37. The zero-order valence-corrected chi connectivity index (χ0v) is 9.55. The molecule has 1 aromatic rings. The fraction of sp³-hybridized carbons (Fsp3) is 0.462. The summed E-state index contributed by atoms with van der Waals surface area (Å²) in [5.41, 5.74) is 6.99. The van der Waals surface area contributed by atoms with E-state index in [4.69, 9.17) is 11.0 Å². The smallest absolute Gasteiger partial charge is 0.140 e. The van der Waals surface area contributed by atoms with Gasteiger partial charge in [0.25, 0.3) is 0 Å². The molecule has 0 bridgehead atoms. The van der Waals surface area contributed by atoms with Crippen LogP contribution in [0.5, 0.6) is 0 Å². The van der Waals surface area contributed by atoms with Crippen LogP contribution in [0.3, 0.4) is 0 Å². The minimum absolute atomic E-state index is 0.0771. The summed E-state index contributed by atoms with van der Waals surface area (Å²) in [5.74, 6) is -0.461. The lowest BCUT2D eigenvalue weighted by molar-refractivity contribution is 0.501. The highest BCUT2D eigenvalue weighted by atomic mass is 19.1. The maximum absolute atomic E-state index is 13.2. The zero-order chi connectivity index (χ0) is 12.0. The molecular formula is C13H15FN2. The average Bonchev–Trinajstić information content (AvgIpc) is 2.83. The van der Waals surface area contributed by atoms with Crippen molar-refractivity contribution in [2.45, 2.75) is 25.7 Å². The van der Waals surface area contributed by atoms with E-state index >= 15 is 0 Å². The van der Waals surface area contributed by atoms with Crippen LogP contribution in [-0.2, 0) is 5.41 Å². The summed E-state index contributed by atoms with van der Waals surface area (Å²) in [4.78, 5) is 0. The Morgan fingerprint density at radius 2 is 2.12 bits per heavy atom. The highest BCUT2D eigenvalue weighted by Crippen LogP contribution is 2.63. The van der Waals surface area contributed by atoms with Crippen LogP contribution in [0.1, 0.15) is 31.4 Å². The van der Waals surface area contributed by atoms with E-state index in [1.807, 2.05) is 6.07 Å². The first-order chi connectivity index (χ1) is 7.47. The van der Waals surface area contributed by atoms with Gasteiger partial charge in [0.15, 0.2) is 0 Å². The Kier molecular flexibility index (Phi) is 2.28. The number of hydrogen-bond donors (Lipinski definition) is 1. The van der Waals surface area contributed by atoms with Crippen LogP contribution in [0.25, 0.3) is 0 Å². The van der Waals surface area contributed by atoms with Crippen molar-refractivity contribution in [2.75, 3.05) is 6.54 Å². The topological polar surface area (TPSA) is 49.8 Å². The summed E-state index contributed by atoms with van der Waals surface area (Å²) in [5, 5.41) is 8.81. The molecule has 16 heavy (non-hydrogen) atoms. The molecule has 0 saturated heterocycles. The van der Waals surface area contributed by atoms with E-state index in [2.05, 4.69) is 13.8 Å². The first-order valence-corrected chi connectivity index (χ1v) is 5.37. The number of nitrogens with zero attached hydrogens (tertiary/aromatic N) is 1. The van der Waals surface area contributed by atoms with Crippen LogP contribution in [0, 0.1) is 22.6 Å². The predicted octanol–water partition coefficient (Wildman–Crippen LogP) is 2.32. The molecule has 2 N–H and O–H groups in total. The van der Waals surface area contributed by atoms with Crippen LogP contribution >= 0.6 is 0 Å². The fourth-order valence-electron chi connectivity index (χ4n) is 2.58. The van der Waals surface area contributed by atoms with Crippen LogP contribution in [0.4, 0.5) is 4.39 Å². The average molecular weight is 218 g/mol.